The summed E-state index contributed by atoms with van der Waals surface area (Å²) in [5, 5.41) is 60.5. The highest BCUT2D eigenvalue weighted by molar-refractivity contribution is 9.10. The van der Waals surface area contributed by atoms with Crippen molar-refractivity contribution in [3.63, 3.8) is 0 Å². The molecule has 0 aliphatic heterocycles. The minimum absolute atomic E-state index is 0.0459. The number of benzene rings is 3. The van der Waals surface area contributed by atoms with Crippen LogP contribution in [-0.2, 0) is 0 Å². The Kier molecular flexibility index (Phi) is 8.32. The van der Waals surface area contributed by atoms with Gasteiger partial charge in [0.05, 0.1) is 17.0 Å². The van der Waals surface area contributed by atoms with E-state index < -0.39 is 28.7 Å². The monoisotopic (exact) mass is 658 g/mol. The van der Waals surface area contributed by atoms with E-state index in [1.54, 1.807) is 24.3 Å². The lowest BCUT2D eigenvalue weighted by Gasteiger charge is -2.18. The molecule has 2 aromatic heterocycles. The van der Waals surface area contributed by atoms with E-state index in [1.807, 2.05) is 0 Å². The van der Waals surface area contributed by atoms with Crippen molar-refractivity contribution in [1.82, 2.24) is 0 Å². The molecule has 44 heavy (non-hydrogen) atoms. The minimum Gasteiger partial charge on any atom is -0.507 e. The Morgan fingerprint density at radius 1 is 0.523 bits per heavy atom. The van der Waals surface area contributed by atoms with Crippen molar-refractivity contribution in [1.29, 1.82) is 0 Å². The van der Waals surface area contributed by atoms with Crippen LogP contribution in [0.25, 0.3) is 24.3 Å². The van der Waals surface area contributed by atoms with E-state index in [9.17, 15) is 40.2 Å². The molecule has 2 heterocycles. The molecule has 0 spiro atoms. The number of halogens is 1. The Balaban J connectivity index is 1.57. The zero-order valence-corrected chi connectivity index (χ0v) is 24.1. The molecule has 0 saturated carbocycles. The second kappa shape index (κ2) is 12.3. The van der Waals surface area contributed by atoms with Crippen molar-refractivity contribution >= 4 is 40.2 Å². The van der Waals surface area contributed by atoms with Crippen LogP contribution in [0.5, 0.6) is 34.5 Å². The van der Waals surface area contributed by atoms with E-state index in [1.165, 1.54) is 72.8 Å². The first-order valence-corrected chi connectivity index (χ1v) is 13.7. The van der Waals surface area contributed by atoms with Gasteiger partial charge in [0, 0.05) is 16.6 Å². The zero-order valence-electron chi connectivity index (χ0n) is 22.5. The van der Waals surface area contributed by atoms with Crippen LogP contribution in [0.15, 0.2) is 95.7 Å². The average Bonchev–Trinajstić information content (AvgIpc) is 2.97. The van der Waals surface area contributed by atoms with Gasteiger partial charge in [-0.2, -0.15) is 0 Å². The van der Waals surface area contributed by atoms with E-state index in [2.05, 4.69) is 15.9 Å². The van der Waals surface area contributed by atoms with E-state index in [-0.39, 0.29) is 45.6 Å². The van der Waals surface area contributed by atoms with Gasteiger partial charge in [0.25, 0.3) is 0 Å². The minimum atomic E-state index is -1.30. The Bertz CT molecular complexity index is 1910. The standard InChI is InChI=1S/C33H23BrO10/c34-20-7-5-19(6-8-20)29(30-27(39)15-21(43-32(30)41)9-1-17-3-11-23(35)25(37)13-17)31-28(40)16-22(44-33(31)42)10-2-18-4-12-24(36)26(38)14-18/h1-16,29,35-40H. The smallest absolute Gasteiger partial charge is 0.344 e. The van der Waals surface area contributed by atoms with Crippen molar-refractivity contribution in [2.24, 2.45) is 0 Å². The summed E-state index contributed by atoms with van der Waals surface area (Å²) in [4.78, 5) is 26.6. The molecule has 0 atom stereocenters. The summed E-state index contributed by atoms with van der Waals surface area (Å²) >= 11 is 3.34. The SMILES string of the molecule is O=c1oc(C=Cc2ccc(O)c(O)c2)cc(O)c1C(c1ccc(Br)cc1)c1c(O)cc(C=Cc2ccc(O)c(O)c2)oc1=O. The number of rotatable bonds is 7. The summed E-state index contributed by atoms with van der Waals surface area (Å²) in [6.45, 7) is 0. The van der Waals surface area contributed by atoms with E-state index in [0.717, 1.165) is 0 Å². The third-order valence-electron chi connectivity index (χ3n) is 6.63. The molecule has 5 aromatic rings. The van der Waals surface area contributed by atoms with Crippen molar-refractivity contribution in [2.45, 2.75) is 5.92 Å². The van der Waals surface area contributed by atoms with Gasteiger partial charge in [-0.3, -0.25) is 0 Å². The third-order valence-corrected chi connectivity index (χ3v) is 7.16. The number of phenols is 4. The normalized spacial score (nSPS) is 12.2. The summed E-state index contributed by atoms with van der Waals surface area (Å²) in [5.41, 5.74) is -1.31. The summed E-state index contributed by atoms with van der Waals surface area (Å²) in [6, 6.07) is 17.0. The lowest BCUT2D eigenvalue weighted by atomic mass is 9.85. The molecule has 3 aromatic carbocycles. The molecule has 0 saturated heterocycles. The Morgan fingerprint density at radius 2 is 0.955 bits per heavy atom. The third kappa shape index (κ3) is 6.37. The van der Waals surface area contributed by atoms with Gasteiger partial charge >= 0.3 is 11.3 Å². The maximum absolute atomic E-state index is 13.3. The first-order chi connectivity index (χ1) is 21.0. The van der Waals surface area contributed by atoms with Gasteiger partial charge < -0.3 is 39.5 Å². The predicted octanol–water partition coefficient (Wildman–Crippen LogP) is 6.11. The topological polar surface area (TPSA) is 182 Å². The van der Waals surface area contributed by atoms with Crippen LogP contribution in [0.1, 0.15) is 45.3 Å². The average molecular weight is 659 g/mol. The van der Waals surface area contributed by atoms with E-state index in [4.69, 9.17) is 8.83 Å². The molecular formula is C33H23BrO10. The summed E-state index contributed by atoms with van der Waals surface area (Å²) in [7, 11) is 0. The highest BCUT2D eigenvalue weighted by Crippen LogP contribution is 2.38. The number of aromatic hydroxyl groups is 6. The summed E-state index contributed by atoms with van der Waals surface area (Å²) < 4.78 is 11.6. The Labute approximate surface area is 257 Å². The quantitative estimate of drug-likeness (QED) is 0.112. The molecule has 222 valence electrons. The fourth-order valence-electron chi connectivity index (χ4n) is 4.49. The van der Waals surface area contributed by atoms with Crippen LogP contribution < -0.4 is 11.3 Å². The van der Waals surface area contributed by atoms with Crippen molar-refractivity contribution in [2.75, 3.05) is 0 Å². The molecule has 0 unspecified atom stereocenters. The summed E-state index contributed by atoms with van der Waals surface area (Å²) in [5.74, 6) is -3.71. The van der Waals surface area contributed by atoms with Gasteiger partial charge in [-0.1, -0.05) is 52.3 Å². The van der Waals surface area contributed by atoms with Crippen LogP contribution in [0.2, 0.25) is 0 Å². The van der Waals surface area contributed by atoms with Crippen molar-refractivity contribution < 1.29 is 39.5 Å². The molecule has 0 aliphatic rings. The molecular weight excluding hydrogens is 636 g/mol. The maximum atomic E-state index is 13.3. The van der Waals surface area contributed by atoms with Crippen LogP contribution in [0, 0.1) is 0 Å². The molecule has 0 radical (unpaired) electrons. The first kappa shape index (κ1) is 29.8. The van der Waals surface area contributed by atoms with Gasteiger partial charge in [0.1, 0.15) is 23.0 Å². The Morgan fingerprint density at radius 3 is 1.34 bits per heavy atom. The maximum Gasteiger partial charge on any atom is 0.344 e. The second-order valence-electron chi connectivity index (χ2n) is 9.62. The largest absolute Gasteiger partial charge is 0.507 e. The fourth-order valence-corrected chi connectivity index (χ4v) is 4.76. The van der Waals surface area contributed by atoms with Crippen molar-refractivity contribution in [3.05, 3.63) is 137 Å². The highest BCUT2D eigenvalue weighted by Gasteiger charge is 2.31. The molecule has 0 amide bonds. The molecule has 11 heteroatoms. The highest BCUT2D eigenvalue weighted by atomic mass is 79.9. The molecule has 6 N–H and O–H groups in total. The van der Waals surface area contributed by atoms with Crippen LogP contribution in [0.3, 0.4) is 0 Å². The van der Waals surface area contributed by atoms with Gasteiger partial charge in [-0.15, -0.1) is 0 Å². The lowest BCUT2D eigenvalue weighted by Crippen LogP contribution is -2.21. The van der Waals surface area contributed by atoms with Crippen LogP contribution in [0.4, 0.5) is 0 Å². The molecule has 5 rings (SSSR count). The van der Waals surface area contributed by atoms with Gasteiger partial charge in [0.15, 0.2) is 23.0 Å². The lowest BCUT2D eigenvalue weighted by molar-refractivity contribution is 0.403. The Hall–Kier alpha value is -5.68. The number of phenolic OH excluding ortho intramolecular Hbond substituents is 4. The molecule has 10 nitrogen and oxygen atoms in total. The van der Waals surface area contributed by atoms with Crippen LogP contribution >= 0.6 is 15.9 Å². The van der Waals surface area contributed by atoms with E-state index in [0.29, 0.717) is 21.2 Å². The number of hydrogen-bond acceptors (Lipinski definition) is 10. The van der Waals surface area contributed by atoms with Gasteiger partial charge in [0.2, 0.25) is 0 Å². The first-order valence-electron chi connectivity index (χ1n) is 12.9. The number of hydrogen-bond donors (Lipinski definition) is 6. The van der Waals surface area contributed by atoms with Gasteiger partial charge in [-0.05, 0) is 65.2 Å². The van der Waals surface area contributed by atoms with E-state index >= 15 is 0 Å². The molecule has 0 aliphatic carbocycles. The van der Waals surface area contributed by atoms with Crippen molar-refractivity contribution in [3.8, 4) is 34.5 Å². The van der Waals surface area contributed by atoms with Crippen LogP contribution in [-0.4, -0.2) is 30.6 Å². The van der Waals surface area contributed by atoms with Gasteiger partial charge in [-0.25, -0.2) is 9.59 Å². The molecule has 0 fully saturated rings. The second-order valence-corrected chi connectivity index (χ2v) is 10.5. The summed E-state index contributed by atoms with van der Waals surface area (Å²) in [6.07, 6.45) is 5.70. The predicted molar refractivity (Wildman–Crippen MR) is 166 cm³/mol. The fraction of sp³-hybridized carbons (Fsp3) is 0.0303. The zero-order chi connectivity index (χ0) is 31.5. The molecule has 0 bridgehead atoms.